The van der Waals surface area contributed by atoms with Crippen molar-refractivity contribution in [3.05, 3.63) is 75.8 Å². The zero-order valence-electron chi connectivity index (χ0n) is 15.8. The van der Waals surface area contributed by atoms with Crippen LogP contribution in [0.5, 0.6) is 0 Å². The number of aromatic nitrogens is 2. The predicted molar refractivity (Wildman–Crippen MR) is 108 cm³/mol. The normalized spacial score (nSPS) is 19.3. The van der Waals surface area contributed by atoms with Crippen molar-refractivity contribution in [3.63, 3.8) is 0 Å². The smallest absolute Gasteiger partial charge is 0.270 e. The number of hydrogen-bond donors (Lipinski definition) is 0. The molecule has 4 heterocycles. The topological polar surface area (TPSA) is 57.9 Å². The molecule has 1 aromatic carbocycles. The molecule has 0 N–H and O–H groups in total. The van der Waals surface area contributed by atoms with Gasteiger partial charge in [0, 0.05) is 37.2 Å². The second-order valence-corrected chi connectivity index (χ2v) is 7.72. The monoisotopic (exact) mass is 374 g/mol. The average Bonchev–Trinajstić information content (AvgIpc) is 3.07. The van der Waals surface area contributed by atoms with Crippen LogP contribution < -0.4 is 10.5 Å². The molecule has 0 bridgehead atoms. The highest BCUT2D eigenvalue weighted by Crippen LogP contribution is 2.32. The van der Waals surface area contributed by atoms with Crippen LogP contribution in [0.4, 0.5) is 5.69 Å². The van der Waals surface area contributed by atoms with Crippen molar-refractivity contribution in [1.82, 2.24) is 14.3 Å². The maximum atomic E-state index is 13.5. The molecule has 0 aliphatic carbocycles. The molecule has 3 aromatic rings. The van der Waals surface area contributed by atoms with Gasteiger partial charge in [-0.3, -0.25) is 18.9 Å². The number of amides is 1. The summed E-state index contributed by atoms with van der Waals surface area (Å²) in [6, 6.07) is 12.0. The molecule has 1 atom stereocenters. The largest absolute Gasteiger partial charge is 0.306 e. The predicted octanol–water partition coefficient (Wildman–Crippen LogP) is 2.63. The second kappa shape index (κ2) is 6.56. The molecular weight excluding hydrogens is 352 g/mol. The number of pyridine rings is 1. The van der Waals surface area contributed by atoms with Gasteiger partial charge in [-0.25, -0.2) is 4.98 Å². The molecule has 2 aliphatic heterocycles. The van der Waals surface area contributed by atoms with E-state index in [0.29, 0.717) is 18.2 Å². The SMILES string of the molecule is Cc1ccc2ncc(C(=O)N3CC4CCCN4Cc4ccccc43)c(=O)n2c1. The van der Waals surface area contributed by atoms with Gasteiger partial charge in [0.1, 0.15) is 11.2 Å². The third-order valence-electron chi connectivity index (χ3n) is 5.87. The molecule has 1 amide bonds. The lowest BCUT2D eigenvalue weighted by Crippen LogP contribution is -2.42. The minimum Gasteiger partial charge on any atom is -0.306 e. The summed E-state index contributed by atoms with van der Waals surface area (Å²) in [6.45, 7) is 4.42. The van der Waals surface area contributed by atoms with Gasteiger partial charge < -0.3 is 4.90 Å². The van der Waals surface area contributed by atoms with Gasteiger partial charge in [-0.05, 0) is 49.6 Å². The van der Waals surface area contributed by atoms with Crippen molar-refractivity contribution >= 4 is 17.2 Å². The van der Waals surface area contributed by atoms with Crippen molar-refractivity contribution in [2.75, 3.05) is 18.0 Å². The van der Waals surface area contributed by atoms with Crippen molar-refractivity contribution < 1.29 is 4.79 Å². The van der Waals surface area contributed by atoms with Gasteiger partial charge in [-0.1, -0.05) is 24.3 Å². The molecule has 1 saturated heterocycles. The maximum Gasteiger partial charge on any atom is 0.270 e. The number of carbonyl (C=O) groups is 1. The van der Waals surface area contributed by atoms with Crippen molar-refractivity contribution in [2.45, 2.75) is 32.4 Å². The number of carbonyl (C=O) groups excluding carboxylic acids is 1. The van der Waals surface area contributed by atoms with Crippen LogP contribution in [0.3, 0.4) is 0 Å². The van der Waals surface area contributed by atoms with E-state index in [1.165, 1.54) is 10.6 Å². The van der Waals surface area contributed by atoms with Crippen LogP contribution in [0.25, 0.3) is 5.65 Å². The Morgan fingerprint density at radius 2 is 2.04 bits per heavy atom. The van der Waals surface area contributed by atoms with E-state index in [2.05, 4.69) is 16.0 Å². The molecule has 5 rings (SSSR count). The van der Waals surface area contributed by atoms with Crippen LogP contribution >= 0.6 is 0 Å². The standard InChI is InChI=1S/C22H22N4O2/c1-15-8-9-20-23-11-18(22(28)26(20)12-15)21(27)25-14-17-6-4-10-24(17)13-16-5-2-3-7-19(16)25/h2-3,5,7-9,11-12,17H,4,6,10,13-14H2,1H3. The zero-order valence-corrected chi connectivity index (χ0v) is 15.8. The lowest BCUT2D eigenvalue weighted by molar-refractivity contribution is 0.0979. The number of fused-ring (bicyclic) bond motifs is 3. The van der Waals surface area contributed by atoms with E-state index in [0.717, 1.165) is 42.7 Å². The van der Waals surface area contributed by atoms with Gasteiger partial charge >= 0.3 is 0 Å². The molecule has 28 heavy (non-hydrogen) atoms. The maximum absolute atomic E-state index is 13.5. The third-order valence-corrected chi connectivity index (χ3v) is 5.87. The number of rotatable bonds is 1. The summed E-state index contributed by atoms with van der Waals surface area (Å²) < 4.78 is 1.47. The van der Waals surface area contributed by atoms with E-state index >= 15 is 0 Å². The van der Waals surface area contributed by atoms with Gasteiger partial charge in [0.2, 0.25) is 0 Å². The summed E-state index contributed by atoms with van der Waals surface area (Å²) >= 11 is 0. The molecule has 6 nitrogen and oxygen atoms in total. The Morgan fingerprint density at radius 3 is 2.93 bits per heavy atom. The summed E-state index contributed by atoms with van der Waals surface area (Å²) in [7, 11) is 0. The molecule has 2 aliphatic rings. The Balaban J connectivity index is 1.62. The van der Waals surface area contributed by atoms with E-state index in [1.54, 1.807) is 17.2 Å². The first-order chi connectivity index (χ1) is 13.6. The van der Waals surface area contributed by atoms with Gasteiger partial charge in [0.05, 0.1) is 0 Å². The summed E-state index contributed by atoms with van der Waals surface area (Å²) in [6.07, 6.45) is 5.38. The molecule has 0 spiro atoms. The molecule has 142 valence electrons. The Labute approximate surface area is 163 Å². The first kappa shape index (κ1) is 17.1. The van der Waals surface area contributed by atoms with Crippen molar-refractivity contribution in [1.29, 1.82) is 0 Å². The van der Waals surface area contributed by atoms with E-state index in [9.17, 15) is 9.59 Å². The van der Waals surface area contributed by atoms with E-state index < -0.39 is 0 Å². The van der Waals surface area contributed by atoms with E-state index in [4.69, 9.17) is 0 Å². The van der Waals surface area contributed by atoms with Gasteiger partial charge in [0.15, 0.2) is 0 Å². The molecule has 0 radical (unpaired) electrons. The molecule has 0 saturated carbocycles. The minimum atomic E-state index is -0.316. The number of aryl methyl sites for hydroxylation is 1. The van der Waals surface area contributed by atoms with Crippen LogP contribution in [0, 0.1) is 6.92 Å². The number of nitrogens with zero attached hydrogens (tertiary/aromatic N) is 4. The lowest BCUT2D eigenvalue weighted by Gasteiger charge is -2.26. The Morgan fingerprint density at radius 1 is 1.18 bits per heavy atom. The third kappa shape index (κ3) is 2.72. The fourth-order valence-electron chi connectivity index (χ4n) is 4.41. The van der Waals surface area contributed by atoms with Gasteiger partial charge in [0.25, 0.3) is 11.5 Å². The summed E-state index contributed by atoms with van der Waals surface area (Å²) in [5.41, 5.74) is 3.32. The molecule has 6 heteroatoms. The highest BCUT2D eigenvalue weighted by atomic mass is 16.2. The van der Waals surface area contributed by atoms with Crippen LogP contribution in [0.15, 0.2) is 53.6 Å². The molecular formula is C22H22N4O2. The minimum absolute atomic E-state index is 0.115. The highest BCUT2D eigenvalue weighted by Gasteiger charge is 2.34. The molecule has 1 fully saturated rings. The average molecular weight is 374 g/mol. The number of para-hydroxylation sites is 1. The zero-order chi connectivity index (χ0) is 19.3. The quantitative estimate of drug-likeness (QED) is 0.657. The fraction of sp³-hybridized carbons (Fsp3) is 0.318. The summed E-state index contributed by atoms with van der Waals surface area (Å²) in [4.78, 5) is 35.1. The summed E-state index contributed by atoms with van der Waals surface area (Å²) in [5.74, 6) is -0.269. The first-order valence-corrected chi connectivity index (χ1v) is 9.73. The summed E-state index contributed by atoms with van der Waals surface area (Å²) in [5, 5.41) is 0. The number of hydrogen-bond acceptors (Lipinski definition) is 4. The van der Waals surface area contributed by atoms with Crippen molar-refractivity contribution in [2.24, 2.45) is 0 Å². The molecule has 1 unspecified atom stereocenters. The highest BCUT2D eigenvalue weighted by molar-refractivity contribution is 6.06. The Kier molecular flexibility index (Phi) is 4.02. The second-order valence-electron chi connectivity index (χ2n) is 7.72. The Hall–Kier alpha value is -2.99. The fourth-order valence-corrected chi connectivity index (χ4v) is 4.41. The van der Waals surface area contributed by atoms with Crippen LogP contribution in [-0.2, 0) is 6.54 Å². The number of benzene rings is 1. The van der Waals surface area contributed by atoms with Crippen LogP contribution in [-0.4, -0.2) is 39.3 Å². The van der Waals surface area contributed by atoms with E-state index in [-0.39, 0.29) is 17.0 Å². The van der Waals surface area contributed by atoms with Crippen LogP contribution in [0.2, 0.25) is 0 Å². The van der Waals surface area contributed by atoms with Gasteiger partial charge in [-0.15, -0.1) is 0 Å². The Bertz CT molecular complexity index is 1140. The van der Waals surface area contributed by atoms with Gasteiger partial charge in [-0.2, -0.15) is 0 Å². The number of anilines is 1. The lowest BCUT2D eigenvalue weighted by atomic mass is 10.1. The van der Waals surface area contributed by atoms with E-state index in [1.807, 2.05) is 31.2 Å². The first-order valence-electron chi connectivity index (χ1n) is 9.73. The van der Waals surface area contributed by atoms with Crippen LogP contribution in [0.1, 0.15) is 34.3 Å². The van der Waals surface area contributed by atoms with Crippen molar-refractivity contribution in [3.8, 4) is 0 Å². The molecule has 2 aromatic heterocycles.